The molecule has 2 aromatic carbocycles. The maximum Gasteiger partial charge on any atom is 0.237 e. The fraction of sp³-hybridized carbons (Fsp3) is 0.444. The van der Waals surface area contributed by atoms with Gasteiger partial charge in [0.15, 0.2) is 0 Å². The summed E-state index contributed by atoms with van der Waals surface area (Å²) in [6, 6.07) is 17.3. The molecule has 5 nitrogen and oxygen atoms in total. The van der Waals surface area contributed by atoms with Gasteiger partial charge in [0.2, 0.25) is 5.91 Å². The van der Waals surface area contributed by atoms with Gasteiger partial charge < -0.3 is 14.8 Å². The molecule has 1 fully saturated rings. The van der Waals surface area contributed by atoms with Crippen LogP contribution in [0.1, 0.15) is 42.3 Å². The number of rotatable bonds is 5. The Morgan fingerprint density at radius 3 is 2.38 bits per heavy atom. The number of hydrogen-bond acceptors (Lipinski definition) is 3. The van der Waals surface area contributed by atoms with E-state index in [-0.39, 0.29) is 11.9 Å². The highest BCUT2D eigenvalue weighted by molar-refractivity contribution is 5.87. The lowest BCUT2D eigenvalue weighted by Gasteiger charge is -2.39. The van der Waals surface area contributed by atoms with Gasteiger partial charge in [0.05, 0.1) is 12.6 Å². The van der Waals surface area contributed by atoms with Crippen molar-refractivity contribution in [1.29, 1.82) is 0 Å². The number of amides is 1. The third-order valence-electron chi connectivity index (χ3n) is 7.33. The van der Waals surface area contributed by atoms with Crippen LogP contribution in [0.5, 0.6) is 0 Å². The van der Waals surface area contributed by atoms with Gasteiger partial charge in [-0.3, -0.25) is 9.69 Å². The number of H-pyrrole nitrogens is 1. The molecule has 5 heteroatoms. The van der Waals surface area contributed by atoms with Gasteiger partial charge >= 0.3 is 0 Å². The Kier molecular flexibility index (Phi) is 6.03. The lowest BCUT2D eigenvalue weighted by atomic mass is 9.91. The minimum Gasteiger partial charge on any atom is -0.356 e. The number of hydrogen-bond donors (Lipinski definition) is 1. The number of aromatic nitrogens is 1. The molecule has 3 heterocycles. The highest BCUT2D eigenvalue weighted by Crippen LogP contribution is 2.38. The highest BCUT2D eigenvalue weighted by Gasteiger charge is 2.35. The predicted octanol–water partition coefficient (Wildman–Crippen LogP) is 3.84. The zero-order valence-electron chi connectivity index (χ0n) is 19.3. The Morgan fingerprint density at radius 2 is 1.66 bits per heavy atom. The summed E-state index contributed by atoms with van der Waals surface area (Å²) in [4.78, 5) is 24.2. The van der Waals surface area contributed by atoms with Gasteiger partial charge in [0, 0.05) is 49.3 Å². The molecule has 3 aromatic rings. The quantitative estimate of drug-likeness (QED) is 0.669. The first kappa shape index (κ1) is 21.2. The summed E-state index contributed by atoms with van der Waals surface area (Å²) in [5, 5.41) is 1.29. The molecule has 5 rings (SSSR count). The van der Waals surface area contributed by atoms with Gasteiger partial charge in [-0.2, -0.15) is 0 Å². The summed E-state index contributed by atoms with van der Waals surface area (Å²) in [5.41, 5.74) is 6.24. The van der Waals surface area contributed by atoms with Crippen molar-refractivity contribution < 1.29 is 4.79 Å². The molecule has 0 saturated carbocycles. The van der Waals surface area contributed by atoms with Crippen LogP contribution in [0.25, 0.3) is 10.9 Å². The first-order valence-corrected chi connectivity index (χ1v) is 12.1. The van der Waals surface area contributed by atoms with E-state index >= 15 is 0 Å². The number of fused-ring (bicyclic) bond motifs is 3. The first-order valence-electron chi connectivity index (χ1n) is 12.1. The third-order valence-corrected chi connectivity index (χ3v) is 7.33. The van der Waals surface area contributed by atoms with E-state index in [0.717, 1.165) is 57.6 Å². The number of carbonyl (C=O) groups is 1. The molecule has 1 aromatic heterocycles. The van der Waals surface area contributed by atoms with E-state index in [4.69, 9.17) is 0 Å². The Hall–Kier alpha value is -2.63. The molecule has 0 unspecified atom stereocenters. The van der Waals surface area contributed by atoms with Gasteiger partial charge in [-0.1, -0.05) is 56.3 Å². The van der Waals surface area contributed by atoms with E-state index in [1.807, 2.05) is 0 Å². The first-order chi connectivity index (χ1) is 15.7. The van der Waals surface area contributed by atoms with Gasteiger partial charge in [0.1, 0.15) is 0 Å². The van der Waals surface area contributed by atoms with Crippen molar-refractivity contribution in [2.45, 2.75) is 32.7 Å². The van der Waals surface area contributed by atoms with E-state index < -0.39 is 0 Å². The zero-order chi connectivity index (χ0) is 22.1. The standard InChI is InChI=1S/C27H34N4O/c1-3-20-9-11-21(12-10-20)27-26-23(22-7-5-6-8-24(22)28-26)13-14-31(27)25(32)19-30-17-15-29(4-2)16-18-30/h5-12,27-28H,3-4,13-19H2,1-2H3/t27-/m1/s1. The fourth-order valence-electron chi connectivity index (χ4n) is 5.34. The molecule has 0 spiro atoms. The fourth-order valence-corrected chi connectivity index (χ4v) is 5.34. The number of carbonyl (C=O) groups excluding carboxylic acids is 1. The van der Waals surface area contributed by atoms with E-state index in [1.54, 1.807) is 0 Å². The summed E-state index contributed by atoms with van der Waals surface area (Å²) in [6.45, 7) is 10.8. The molecule has 0 aliphatic carbocycles. The van der Waals surface area contributed by atoms with E-state index in [9.17, 15) is 4.79 Å². The molecular weight excluding hydrogens is 396 g/mol. The molecule has 2 aliphatic heterocycles. The normalized spacial score (nSPS) is 19.9. The maximum atomic E-state index is 13.6. The number of nitrogens with zero attached hydrogens (tertiary/aromatic N) is 3. The highest BCUT2D eigenvalue weighted by atomic mass is 16.2. The van der Waals surface area contributed by atoms with Crippen molar-refractivity contribution in [3.05, 3.63) is 70.9 Å². The second-order valence-corrected chi connectivity index (χ2v) is 9.11. The van der Waals surface area contributed by atoms with Crippen molar-refractivity contribution >= 4 is 16.8 Å². The Bertz CT molecular complexity index is 1080. The molecule has 0 bridgehead atoms. The van der Waals surface area contributed by atoms with Crippen molar-refractivity contribution in [3.63, 3.8) is 0 Å². The van der Waals surface area contributed by atoms with Crippen LogP contribution in [0.2, 0.25) is 0 Å². The number of aromatic amines is 1. The van der Waals surface area contributed by atoms with Gasteiger partial charge in [-0.15, -0.1) is 0 Å². The van der Waals surface area contributed by atoms with Crippen LogP contribution in [0.4, 0.5) is 0 Å². The molecule has 2 aliphatic rings. The van der Waals surface area contributed by atoms with Crippen LogP contribution < -0.4 is 0 Å². The third kappa shape index (κ3) is 3.96. The number of likely N-dealkylation sites (N-methyl/N-ethyl adjacent to an activating group) is 1. The second-order valence-electron chi connectivity index (χ2n) is 9.11. The number of para-hydroxylation sites is 1. The van der Waals surface area contributed by atoms with Crippen molar-refractivity contribution in [2.24, 2.45) is 0 Å². The Labute approximate surface area is 191 Å². The summed E-state index contributed by atoms with van der Waals surface area (Å²) < 4.78 is 0. The predicted molar refractivity (Wildman–Crippen MR) is 130 cm³/mol. The average molecular weight is 431 g/mol. The summed E-state index contributed by atoms with van der Waals surface area (Å²) in [5.74, 6) is 0.240. The monoisotopic (exact) mass is 430 g/mol. The number of aryl methyl sites for hydroxylation is 1. The van der Waals surface area contributed by atoms with Crippen LogP contribution in [0.15, 0.2) is 48.5 Å². The van der Waals surface area contributed by atoms with Crippen LogP contribution in [0, 0.1) is 0 Å². The lowest BCUT2D eigenvalue weighted by Crippen LogP contribution is -2.51. The van der Waals surface area contributed by atoms with Gasteiger partial charge in [-0.25, -0.2) is 0 Å². The Balaban J connectivity index is 1.46. The maximum absolute atomic E-state index is 13.6. The van der Waals surface area contributed by atoms with Crippen LogP contribution in [-0.2, 0) is 17.6 Å². The minimum atomic E-state index is -0.0542. The van der Waals surface area contributed by atoms with Gasteiger partial charge in [0.25, 0.3) is 0 Å². The van der Waals surface area contributed by atoms with Crippen LogP contribution in [0.3, 0.4) is 0 Å². The average Bonchev–Trinajstić information content (AvgIpc) is 3.23. The summed E-state index contributed by atoms with van der Waals surface area (Å²) >= 11 is 0. The van der Waals surface area contributed by atoms with E-state index in [0.29, 0.717) is 6.54 Å². The van der Waals surface area contributed by atoms with Gasteiger partial charge in [-0.05, 0) is 42.1 Å². The molecule has 32 heavy (non-hydrogen) atoms. The SMILES string of the molecule is CCc1ccc([C@@H]2c3[nH]c4ccccc4c3CCN2C(=O)CN2CCN(CC)CC2)cc1. The Morgan fingerprint density at radius 1 is 0.938 bits per heavy atom. The van der Waals surface area contributed by atoms with E-state index in [2.05, 4.69) is 82.1 Å². The van der Waals surface area contributed by atoms with Crippen molar-refractivity contribution in [3.8, 4) is 0 Å². The van der Waals surface area contributed by atoms with Crippen LogP contribution >= 0.6 is 0 Å². The molecule has 1 saturated heterocycles. The van der Waals surface area contributed by atoms with E-state index in [1.165, 1.54) is 27.8 Å². The van der Waals surface area contributed by atoms with Crippen molar-refractivity contribution in [2.75, 3.05) is 45.8 Å². The molecule has 1 N–H and O–H groups in total. The topological polar surface area (TPSA) is 42.6 Å². The molecule has 1 amide bonds. The number of benzene rings is 2. The zero-order valence-corrected chi connectivity index (χ0v) is 19.3. The minimum absolute atomic E-state index is 0.0542. The van der Waals surface area contributed by atoms with Crippen LogP contribution in [-0.4, -0.2) is 71.4 Å². The summed E-state index contributed by atoms with van der Waals surface area (Å²) in [6.07, 6.45) is 1.92. The largest absolute Gasteiger partial charge is 0.356 e. The molecule has 1 atom stereocenters. The number of nitrogens with one attached hydrogen (secondary N) is 1. The lowest BCUT2D eigenvalue weighted by molar-refractivity contribution is -0.135. The second kappa shape index (κ2) is 9.08. The summed E-state index contributed by atoms with van der Waals surface area (Å²) in [7, 11) is 0. The molecule has 168 valence electrons. The molecule has 0 radical (unpaired) electrons. The van der Waals surface area contributed by atoms with Crippen molar-refractivity contribution in [1.82, 2.24) is 19.7 Å². The smallest absolute Gasteiger partial charge is 0.237 e. The molecular formula is C27H34N4O. The number of piperazine rings is 1.